The van der Waals surface area contributed by atoms with Gasteiger partial charge < -0.3 is 4.90 Å². The maximum atomic E-state index is 12.4. The Morgan fingerprint density at radius 2 is 1.63 bits per heavy atom. The predicted molar refractivity (Wildman–Crippen MR) is 67.7 cm³/mol. The zero-order chi connectivity index (χ0) is 13.7. The van der Waals surface area contributed by atoms with Gasteiger partial charge >= 0.3 is 0 Å². The highest BCUT2D eigenvalue weighted by Gasteiger charge is 2.56. The van der Waals surface area contributed by atoms with Crippen molar-refractivity contribution >= 4 is 17.7 Å². The first-order valence-corrected chi connectivity index (χ1v) is 6.74. The Kier molecular flexibility index (Phi) is 2.73. The fraction of sp³-hybridized carbons (Fsp3) is 0.643. The van der Waals surface area contributed by atoms with Gasteiger partial charge in [-0.05, 0) is 24.7 Å². The maximum Gasteiger partial charge on any atom is 0.242 e. The van der Waals surface area contributed by atoms with Gasteiger partial charge in [-0.25, -0.2) is 0 Å². The number of rotatable bonds is 2. The molecule has 3 aliphatic carbocycles. The predicted octanol–water partition coefficient (Wildman–Crippen LogP) is 0.272. The van der Waals surface area contributed by atoms with Crippen LogP contribution < -0.4 is 0 Å². The van der Waals surface area contributed by atoms with Gasteiger partial charge in [-0.3, -0.25) is 19.3 Å². The minimum atomic E-state index is -0.216. The van der Waals surface area contributed by atoms with Crippen LogP contribution in [0.25, 0.3) is 0 Å². The average molecular weight is 262 g/mol. The molecule has 4 unspecified atom stereocenters. The summed E-state index contributed by atoms with van der Waals surface area (Å²) in [5.74, 6) is -0.566. The number of likely N-dealkylation sites (N-methyl/N-ethyl adjacent to an activating group) is 1. The van der Waals surface area contributed by atoms with Gasteiger partial charge in [-0.2, -0.15) is 0 Å². The molecule has 0 aromatic rings. The van der Waals surface area contributed by atoms with Crippen LogP contribution >= 0.6 is 0 Å². The molecule has 5 heteroatoms. The summed E-state index contributed by atoms with van der Waals surface area (Å²) in [6.45, 7) is -0.114. The molecule has 19 heavy (non-hydrogen) atoms. The molecule has 0 spiro atoms. The molecule has 4 aliphatic rings. The number of likely N-dealkylation sites (tertiary alicyclic amines) is 1. The standard InChI is InChI=1S/C14H18N2O3/c1-15(2)10(17)7-16-13(18)11-8-3-4-9(6-5-8)12(11)14(16)19/h3-4,8-9,11-12H,5-7H2,1-2H3. The van der Waals surface area contributed by atoms with Crippen LogP contribution in [0.2, 0.25) is 0 Å². The monoisotopic (exact) mass is 262 g/mol. The number of carbonyl (C=O) groups excluding carboxylic acids is 3. The summed E-state index contributed by atoms with van der Waals surface area (Å²) in [5, 5.41) is 0. The molecule has 5 nitrogen and oxygen atoms in total. The second-order valence-corrected chi connectivity index (χ2v) is 5.89. The van der Waals surface area contributed by atoms with Crippen LogP contribution in [0.15, 0.2) is 12.2 Å². The molecule has 0 aromatic carbocycles. The second-order valence-electron chi connectivity index (χ2n) is 5.89. The molecule has 0 radical (unpaired) electrons. The van der Waals surface area contributed by atoms with Crippen molar-refractivity contribution in [2.45, 2.75) is 12.8 Å². The SMILES string of the molecule is CN(C)C(=O)CN1C(=O)C2C3C=CC(CC3)C2C1=O. The largest absolute Gasteiger partial charge is 0.347 e. The number of amides is 3. The van der Waals surface area contributed by atoms with Crippen LogP contribution in [0.1, 0.15) is 12.8 Å². The molecule has 0 N–H and O–H groups in total. The van der Waals surface area contributed by atoms with Crippen LogP contribution in [0.4, 0.5) is 0 Å². The lowest BCUT2D eigenvalue weighted by molar-refractivity contribution is -0.145. The van der Waals surface area contributed by atoms with Crippen LogP contribution in [0.3, 0.4) is 0 Å². The van der Waals surface area contributed by atoms with Crippen LogP contribution in [-0.4, -0.2) is 48.2 Å². The summed E-state index contributed by atoms with van der Waals surface area (Å²) in [7, 11) is 3.26. The van der Waals surface area contributed by atoms with Crippen molar-refractivity contribution in [1.29, 1.82) is 0 Å². The molecule has 3 amide bonds. The zero-order valence-corrected chi connectivity index (χ0v) is 11.2. The number of nitrogens with zero attached hydrogens (tertiary/aromatic N) is 2. The summed E-state index contributed by atoms with van der Waals surface area (Å²) in [6, 6.07) is 0. The van der Waals surface area contributed by atoms with E-state index in [4.69, 9.17) is 0 Å². The van der Waals surface area contributed by atoms with E-state index in [9.17, 15) is 14.4 Å². The highest BCUT2D eigenvalue weighted by atomic mass is 16.2. The number of hydrogen-bond acceptors (Lipinski definition) is 3. The number of imide groups is 1. The van der Waals surface area contributed by atoms with Crippen molar-refractivity contribution in [1.82, 2.24) is 9.80 Å². The van der Waals surface area contributed by atoms with Crippen LogP contribution in [0, 0.1) is 23.7 Å². The van der Waals surface area contributed by atoms with Gasteiger partial charge in [0.25, 0.3) is 0 Å². The van der Waals surface area contributed by atoms with E-state index in [0.717, 1.165) is 12.8 Å². The Labute approximate surface area is 112 Å². The number of hydrogen-bond donors (Lipinski definition) is 0. The average Bonchev–Trinajstić information content (AvgIpc) is 2.67. The van der Waals surface area contributed by atoms with Gasteiger partial charge in [0.2, 0.25) is 17.7 Å². The first kappa shape index (κ1) is 12.4. The van der Waals surface area contributed by atoms with E-state index in [1.54, 1.807) is 14.1 Å². The van der Waals surface area contributed by atoms with Gasteiger partial charge in [0.1, 0.15) is 6.54 Å². The molecular formula is C14H18N2O3. The molecule has 2 fully saturated rings. The third-order valence-electron chi connectivity index (χ3n) is 4.64. The summed E-state index contributed by atoms with van der Waals surface area (Å²) >= 11 is 0. The number of fused-ring (bicyclic) bond motifs is 1. The Hall–Kier alpha value is -1.65. The number of allylic oxidation sites excluding steroid dienone is 2. The summed E-state index contributed by atoms with van der Waals surface area (Å²) in [6.07, 6.45) is 6.13. The molecule has 4 rings (SSSR count). The fourth-order valence-electron chi connectivity index (χ4n) is 3.57. The van der Waals surface area contributed by atoms with E-state index in [0.29, 0.717) is 0 Å². The first-order chi connectivity index (χ1) is 9.00. The van der Waals surface area contributed by atoms with Gasteiger partial charge in [-0.15, -0.1) is 0 Å². The Morgan fingerprint density at radius 3 is 2.00 bits per heavy atom. The Morgan fingerprint density at radius 1 is 1.16 bits per heavy atom. The van der Waals surface area contributed by atoms with Gasteiger partial charge in [0.05, 0.1) is 11.8 Å². The smallest absolute Gasteiger partial charge is 0.242 e. The Balaban J connectivity index is 1.85. The van der Waals surface area contributed by atoms with E-state index in [1.165, 1.54) is 9.80 Å². The Bertz CT molecular complexity index is 451. The normalized spacial score (nSPS) is 35.8. The minimum absolute atomic E-state index is 0.114. The maximum absolute atomic E-state index is 12.4. The first-order valence-electron chi connectivity index (χ1n) is 6.74. The van der Waals surface area contributed by atoms with Gasteiger partial charge in [0, 0.05) is 14.1 Å². The van der Waals surface area contributed by atoms with E-state index < -0.39 is 0 Å². The van der Waals surface area contributed by atoms with E-state index >= 15 is 0 Å². The third kappa shape index (κ3) is 1.71. The second kappa shape index (κ2) is 4.18. The molecule has 1 saturated heterocycles. The highest BCUT2D eigenvalue weighted by molar-refractivity contribution is 6.08. The topological polar surface area (TPSA) is 57.7 Å². The van der Waals surface area contributed by atoms with Crippen molar-refractivity contribution in [3.63, 3.8) is 0 Å². The molecule has 102 valence electrons. The fourth-order valence-corrected chi connectivity index (χ4v) is 3.57. The lowest BCUT2D eigenvalue weighted by Gasteiger charge is -2.38. The zero-order valence-electron chi connectivity index (χ0n) is 11.2. The highest BCUT2D eigenvalue weighted by Crippen LogP contribution is 2.49. The third-order valence-corrected chi connectivity index (χ3v) is 4.64. The molecule has 0 aromatic heterocycles. The van der Waals surface area contributed by atoms with Crippen molar-refractivity contribution in [3.8, 4) is 0 Å². The summed E-state index contributed by atoms with van der Waals surface area (Å²) < 4.78 is 0. The van der Waals surface area contributed by atoms with Gasteiger partial charge in [-0.1, -0.05) is 12.2 Å². The van der Waals surface area contributed by atoms with Crippen LogP contribution in [-0.2, 0) is 14.4 Å². The summed E-state index contributed by atoms with van der Waals surface area (Å²) in [4.78, 5) is 39.1. The van der Waals surface area contributed by atoms with E-state index in [2.05, 4.69) is 12.2 Å². The van der Waals surface area contributed by atoms with Gasteiger partial charge in [0.15, 0.2) is 0 Å². The van der Waals surface area contributed by atoms with E-state index in [1.807, 2.05) is 0 Å². The van der Waals surface area contributed by atoms with Crippen molar-refractivity contribution in [3.05, 3.63) is 12.2 Å². The van der Waals surface area contributed by atoms with Crippen molar-refractivity contribution < 1.29 is 14.4 Å². The molecule has 4 atom stereocenters. The molecule has 1 saturated carbocycles. The molecule has 2 bridgehead atoms. The molecule has 1 heterocycles. The van der Waals surface area contributed by atoms with Crippen molar-refractivity contribution in [2.24, 2.45) is 23.7 Å². The van der Waals surface area contributed by atoms with E-state index in [-0.39, 0.29) is 47.9 Å². The quantitative estimate of drug-likeness (QED) is 0.530. The molecule has 1 aliphatic heterocycles. The van der Waals surface area contributed by atoms with Crippen molar-refractivity contribution in [2.75, 3.05) is 20.6 Å². The minimum Gasteiger partial charge on any atom is -0.347 e. The molecular weight excluding hydrogens is 244 g/mol. The summed E-state index contributed by atoms with van der Waals surface area (Å²) in [5.41, 5.74) is 0. The lowest BCUT2D eigenvalue weighted by atomic mass is 9.63. The number of carbonyl (C=O) groups is 3. The van der Waals surface area contributed by atoms with Crippen LogP contribution in [0.5, 0.6) is 0 Å². The lowest BCUT2D eigenvalue weighted by Crippen LogP contribution is -2.40.